The fourth-order valence-electron chi connectivity index (χ4n) is 1.96. The lowest BCUT2D eigenvalue weighted by molar-refractivity contribution is -0.385. The molecule has 1 N–H and O–H groups in total. The number of amides is 1. The Morgan fingerprint density at radius 2 is 2.48 bits per heavy atom. The van der Waals surface area contributed by atoms with E-state index in [2.05, 4.69) is 10.4 Å². The number of nitrogens with one attached hydrogen (secondary N) is 1. The van der Waals surface area contributed by atoms with E-state index in [1.807, 2.05) is 0 Å². The van der Waals surface area contributed by atoms with Gasteiger partial charge in [0.15, 0.2) is 6.29 Å². The van der Waals surface area contributed by atoms with E-state index in [0.29, 0.717) is 13.2 Å². The highest BCUT2D eigenvalue weighted by Crippen LogP contribution is 2.13. The third-order valence-electron chi connectivity index (χ3n) is 3.00. The first-order valence-electron chi connectivity index (χ1n) is 6.82. The summed E-state index contributed by atoms with van der Waals surface area (Å²) in [5.74, 6) is -0.277. The molecule has 0 aromatic carbocycles. The van der Waals surface area contributed by atoms with Crippen LogP contribution in [0.15, 0.2) is 12.4 Å². The molecule has 0 saturated carbocycles. The highest BCUT2D eigenvalue weighted by Gasteiger charge is 2.14. The van der Waals surface area contributed by atoms with Crippen LogP contribution in [0.1, 0.15) is 19.3 Å². The number of rotatable bonds is 7. The summed E-state index contributed by atoms with van der Waals surface area (Å²) in [5, 5.41) is 16.9. The van der Waals surface area contributed by atoms with Gasteiger partial charge in [-0.05, 0) is 19.3 Å². The van der Waals surface area contributed by atoms with Crippen molar-refractivity contribution in [2.45, 2.75) is 32.1 Å². The fraction of sp³-hybridized carbons (Fsp3) is 0.667. The van der Waals surface area contributed by atoms with Crippen LogP contribution in [-0.4, -0.2) is 46.7 Å². The van der Waals surface area contributed by atoms with Crippen molar-refractivity contribution in [3.63, 3.8) is 0 Å². The molecule has 1 saturated heterocycles. The molecule has 0 bridgehead atoms. The Bertz CT molecular complexity index is 484. The molecule has 9 heteroatoms. The topological polar surface area (TPSA) is 109 Å². The van der Waals surface area contributed by atoms with Crippen LogP contribution in [0.4, 0.5) is 5.69 Å². The first kappa shape index (κ1) is 15.4. The van der Waals surface area contributed by atoms with E-state index < -0.39 is 4.92 Å². The zero-order valence-corrected chi connectivity index (χ0v) is 11.6. The number of ether oxygens (including phenoxy) is 2. The van der Waals surface area contributed by atoms with Gasteiger partial charge in [-0.15, -0.1) is 0 Å². The quantitative estimate of drug-likeness (QED) is 0.445. The zero-order chi connectivity index (χ0) is 15.1. The van der Waals surface area contributed by atoms with Crippen LogP contribution >= 0.6 is 0 Å². The minimum absolute atomic E-state index is 0.0617. The van der Waals surface area contributed by atoms with Crippen LogP contribution in [0.5, 0.6) is 0 Å². The summed E-state index contributed by atoms with van der Waals surface area (Å²) >= 11 is 0. The van der Waals surface area contributed by atoms with E-state index >= 15 is 0 Å². The molecular weight excluding hydrogens is 280 g/mol. The Kier molecular flexibility index (Phi) is 5.64. The predicted octanol–water partition coefficient (Wildman–Crippen LogP) is 0.451. The molecule has 1 atom stereocenters. The van der Waals surface area contributed by atoms with Crippen molar-refractivity contribution in [1.29, 1.82) is 0 Å². The third kappa shape index (κ3) is 5.12. The average Bonchev–Trinajstić information content (AvgIpc) is 2.93. The third-order valence-corrected chi connectivity index (χ3v) is 3.00. The van der Waals surface area contributed by atoms with Crippen molar-refractivity contribution in [3.05, 3.63) is 22.5 Å². The number of nitro groups is 1. The smallest absolute Gasteiger partial charge is 0.307 e. The lowest BCUT2D eigenvalue weighted by Crippen LogP contribution is -2.32. The van der Waals surface area contributed by atoms with Gasteiger partial charge in [-0.1, -0.05) is 0 Å². The molecule has 1 aliphatic rings. The largest absolute Gasteiger partial charge is 0.353 e. The van der Waals surface area contributed by atoms with Crippen molar-refractivity contribution in [2.75, 3.05) is 19.8 Å². The Morgan fingerprint density at radius 3 is 3.14 bits per heavy atom. The normalized spacial score (nSPS) is 18.4. The van der Waals surface area contributed by atoms with Crippen LogP contribution in [0.25, 0.3) is 0 Å². The first-order chi connectivity index (χ1) is 10.1. The standard InChI is InChI=1S/C12H18N4O5/c17-11(9-15-8-10(7-14-15)16(18)19)13-4-6-21-12-3-1-2-5-20-12/h7-8,12H,1-6,9H2,(H,13,17). The molecule has 1 aromatic rings. The molecule has 9 nitrogen and oxygen atoms in total. The second-order valence-electron chi connectivity index (χ2n) is 4.67. The van der Waals surface area contributed by atoms with Crippen molar-refractivity contribution in [2.24, 2.45) is 0 Å². The second kappa shape index (κ2) is 7.70. The summed E-state index contributed by atoms with van der Waals surface area (Å²) in [6.07, 6.45) is 5.18. The van der Waals surface area contributed by atoms with Gasteiger partial charge < -0.3 is 14.8 Å². The van der Waals surface area contributed by atoms with E-state index in [1.165, 1.54) is 10.9 Å². The van der Waals surface area contributed by atoms with E-state index in [9.17, 15) is 14.9 Å². The Labute approximate surface area is 121 Å². The Morgan fingerprint density at radius 1 is 1.62 bits per heavy atom. The lowest BCUT2D eigenvalue weighted by Gasteiger charge is -2.22. The molecule has 1 unspecified atom stereocenters. The van der Waals surface area contributed by atoms with Crippen molar-refractivity contribution >= 4 is 11.6 Å². The summed E-state index contributed by atoms with van der Waals surface area (Å²) < 4.78 is 12.1. The van der Waals surface area contributed by atoms with Gasteiger partial charge in [0.1, 0.15) is 18.9 Å². The van der Waals surface area contributed by atoms with Crippen LogP contribution in [0.2, 0.25) is 0 Å². The molecule has 2 rings (SSSR count). The van der Waals surface area contributed by atoms with Gasteiger partial charge >= 0.3 is 5.69 Å². The summed E-state index contributed by atoms with van der Waals surface area (Å²) in [7, 11) is 0. The molecular formula is C12H18N4O5. The molecule has 1 aliphatic heterocycles. The van der Waals surface area contributed by atoms with Gasteiger partial charge in [0.25, 0.3) is 0 Å². The number of carbonyl (C=O) groups is 1. The van der Waals surface area contributed by atoms with Gasteiger partial charge in [0.05, 0.1) is 11.5 Å². The number of aromatic nitrogens is 2. The Hall–Kier alpha value is -2.00. The van der Waals surface area contributed by atoms with Gasteiger partial charge in [-0.2, -0.15) is 5.10 Å². The van der Waals surface area contributed by atoms with Gasteiger partial charge in [0, 0.05) is 13.2 Å². The summed E-state index contributed by atoms with van der Waals surface area (Å²) in [6, 6.07) is 0. The van der Waals surface area contributed by atoms with Crippen LogP contribution in [0, 0.1) is 10.1 Å². The predicted molar refractivity (Wildman–Crippen MR) is 71.4 cm³/mol. The fourth-order valence-corrected chi connectivity index (χ4v) is 1.96. The highest BCUT2D eigenvalue weighted by atomic mass is 16.7. The highest BCUT2D eigenvalue weighted by molar-refractivity contribution is 5.75. The number of carbonyl (C=O) groups excluding carboxylic acids is 1. The van der Waals surface area contributed by atoms with E-state index in [-0.39, 0.29) is 24.4 Å². The number of nitrogens with zero attached hydrogens (tertiary/aromatic N) is 3. The molecule has 2 heterocycles. The minimum Gasteiger partial charge on any atom is -0.353 e. The lowest BCUT2D eigenvalue weighted by atomic mass is 10.2. The minimum atomic E-state index is -0.556. The van der Waals surface area contributed by atoms with Gasteiger partial charge in [0.2, 0.25) is 5.91 Å². The molecule has 1 aromatic heterocycles. The summed E-state index contributed by atoms with van der Waals surface area (Å²) in [6.45, 7) is 1.39. The second-order valence-corrected chi connectivity index (χ2v) is 4.67. The SMILES string of the molecule is O=C(Cn1cc([N+](=O)[O-])cn1)NCCOC1CCCCO1. The number of hydrogen-bond acceptors (Lipinski definition) is 6. The van der Waals surface area contributed by atoms with Crippen LogP contribution < -0.4 is 5.32 Å². The Balaban J connectivity index is 1.61. The zero-order valence-electron chi connectivity index (χ0n) is 11.6. The van der Waals surface area contributed by atoms with Crippen molar-refractivity contribution in [1.82, 2.24) is 15.1 Å². The van der Waals surface area contributed by atoms with Crippen LogP contribution in [0.3, 0.4) is 0 Å². The molecule has 1 amide bonds. The van der Waals surface area contributed by atoms with Gasteiger partial charge in [-0.3, -0.25) is 19.6 Å². The van der Waals surface area contributed by atoms with E-state index in [4.69, 9.17) is 9.47 Å². The summed E-state index contributed by atoms with van der Waals surface area (Å²) in [4.78, 5) is 21.5. The van der Waals surface area contributed by atoms with Crippen molar-refractivity contribution < 1.29 is 19.2 Å². The first-order valence-corrected chi connectivity index (χ1v) is 6.82. The van der Waals surface area contributed by atoms with Gasteiger partial charge in [-0.25, -0.2) is 0 Å². The molecule has 0 spiro atoms. The van der Waals surface area contributed by atoms with Crippen molar-refractivity contribution in [3.8, 4) is 0 Å². The molecule has 0 radical (unpaired) electrons. The molecule has 0 aliphatic carbocycles. The maximum atomic E-state index is 11.6. The molecule has 116 valence electrons. The average molecular weight is 298 g/mol. The maximum Gasteiger partial charge on any atom is 0.307 e. The monoisotopic (exact) mass is 298 g/mol. The van der Waals surface area contributed by atoms with Crippen LogP contribution in [-0.2, 0) is 20.8 Å². The molecule has 1 fully saturated rings. The maximum absolute atomic E-state index is 11.6. The summed E-state index contributed by atoms with van der Waals surface area (Å²) in [5.41, 5.74) is -0.138. The molecule has 21 heavy (non-hydrogen) atoms. The van der Waals surface area contributed by atoms with E-state index in [1.54, 1.807) is 0 Å². The van der Waals surface area contributed by atoms with E-state index in [0.717, 1.165) is 32.1 Å². The number of hydrogen-bond donors (Lipinski definition) is 1.